The molecule has 0 atom stereocenters. The van der Waals surface area contributed by atoms with Gasteiger partial charge in [-0.25, -0.2) is 4.79 Å². The first kappa shape index (κ1) is 13.0. The number of furan rings is 1. The molecule has 0 radical (unpaired) electrons. The molecular formula is C12H7F3O4. The van der Waals surface area contributed by atoms with Gasteiger partial charge in [0.2, 0.25) is 5.76 Å². The minimum atomic E-state index is -4.42. The fourth-order valence-corrected chi connectivity index (χ4v) is 1.32. The number of carboxylic acids is 1. The first-order chi connectivity index (χ1) is 8.86. The summed E-state index contributed by atoms with van der Waals surface area (Å²) in [6.45, 7) is 0. The number of alkyl halides is 3. The SMILES string of the molecule is O=C(O)c1ccc(Oc2ccc(C(F)(F)F)cc2)o1. The molecular weight excluding hydrogens is 265 g/mol. The third kappa shape index (κ3) is 3.06. The summed E-state index contributed by atoms with van der Waals surface area (Å²) in [5, 5.41) is 8.62. The monoisotopic (exact) mass is 272 g/mol. The van der Waals surface area contributed by atoms with Gasteiger partial charge in [-0.2, -0.15) is 13.2 Å². The Hall–Kier alpha value is -2.44. The molecule has 0 bridgehead atoms. The van der Waals surface area contributed by atoms with Crippen LogP contribution in [0.4, 0.5) is 13.2 Å². The summed E-state index contributed by atoms with van der Waals surface area (Å²) in [5.41, 5.74) is -0.800. The lowest BCUT2D eigenvalue weighted by molar-refractivity contribution is -0.137. The molecule has 0 saturated heterocycles. The lowest BCUT2D eigenvalue weighted by Crippen LogP contribution is -2.03. The molecule has 0 aliphatic carbocycles. The van der Waals surface area contributed by atoms with Crippen LogP contribution >= 0.6 is 0 Å². The van der Waals surface area contributed by atoms with Gasteiger partial charge in [-0.15, -0.1) is 0 Å². The van der Waals surface area contributed by atoms with Crippen LogP contribution in [0.25, 0.3) is 0 Å². The van der Waals surface area contributed by atoms with Crippen LogP contribution in [-0.4, -0.2) is 11.1 Å². The van der Waals surface area contributed by atoms with Gasteiger partial charge in [0.15, 0.2) is 0 Å². The van der Waals surface area contributed by atoms with Crippen molar-refractivity contribution in [3.05, 3.63) is 47.7 Å². The number of aromatic carboxylic acids is 1. The summed E-state index contributed by atoms with van der Waals surface area (Å²) in [7, 11) is 0. The van der Waals surface area contributed by atoms with Crippen LogP contribution in [0.3, 0.4) is 0 Å². The normalized spacial score (nSPS) is 11.3. The molecule has 7 heteroatoms. The summed E-state index contributed by atoms with van der Waals surface area (Å²) in [6, 6.07) is 6.40. The molecule has 19 heavy (non-hydrogen) atoms. The van der Waals surface area contributed by atoms with E-state index in [9.17, 15) is 18.0 Å². The summed E-state index contributed by atoms with van der Waals surface area (Å²) < 4.78 is 46.8. The first-order valence-corrected chi connectivity index (χ1v) is 5.04. The van der Waals surface area contributed by atoms with E-state index in [-0.39, 0.29) is 17.5 Å². The van der Waals surface area contributed by atoms with Gasteiger partial charge in [0.25, 0.3) is 5.95 Å². The highest BCUT2D eigenvalue weighted by atomic mass is 19.4. The Morgan fingerprint density at radius 2 is 1.74 bits per heavy atom. The van der Waals surface area contributed by atoms with Crippen molar-refractivity contribution in [3.63, 3.8) is 0 Å². The zero-order valence-electron chi connectivity index (χ0n) is 9.27. The second-order valence-corrected chi connectivity index (χ2v) is 3.55. The fourth-order valence-electron chi connectivity index (χ4n) is 1.32. The number of rotatable bonds is 3. The van der Waals surface area contributed by atoms with Gasteiger partial charge in [0.05, 0.1) is 5.56 Å². The van der Waals surface area contributed by atoms with Crippen LogP contribution in [0.2, 0.25) is 0 Å². The lowest BCUT2D eigenvalue weighted by Gasteiger charge is -2.07. The standard InChI is InChI=1S/C12H7F3O4/c13-12(14,15)7-1-3-8(4-2-7)18-10-6-5-9(19-10)11(16)17/h1-6H,(H,16,17). The molecule has 0 aliphatic rings. The molecule has 0 unspecified atom stereocenters. The van der Waals surface area contributed by atoms with Crippen molar-refractivity contribution in [2.24, 2.45) is 0 Å². The Labute approximate surface area is 105 Å². The highest BCUT2D eigenvalue weighted by molar-refractivity contribution is 5.84. The lowest BCUT2D eigenvalue weighted by atomic mass is 10.2. The minimum absolute atomic E-state index is 0.110. The predicted octanol–water partition coefficient (Wildman–Crippen LogP) is 3.79. The smallest absolute Gasteiger partial charge is 0.416 e. The molecule has 100 valence electrons. The van der Waals surface area contributed by atoms with Crippen molar-refractivity contribution in [3.8, 4) is 11.7 Å². The van der Waals surface area contributed by atoms with E-state index < -0.39 is 17.7 Å². The number of hydrogen-bond donors (Lipinski definition) is 1. The minimum Gasteiger partial charge on any atom is -0.475 e. The van der Waals surface area contributed by atoms with Crippen LogP contribution in [0.15, 0.2) is 40.8 Å². The van der Waals surface area contributed by atoms with Gasteiger partial charge >= 0.3 is 12.1 Å². The van der Waals surface area contributed by atoms with Gasteiger partial charge in [-0.1, -0.05) is 0 Å². The number of benzene rings is 1. The molecule has 0 amide bonds. The fraction of sp³-hybridized carbons (Fsp3) is 0.0833. The van der Waals surface area contributed by atoms with Gasteiger partial charge in [0, 0.05) is 6.07 Å². The first-order valence-electron chi connectivity index (χ1n) is 5.04. The van der Waals surface area contributed by atoms with Crippen molar-refractivity contribution in [2.75, 3.05) is 0 Å². The van der Waals surface area contributed by atoms with E-state index in [1.54, 1.807) is 0 Å². The van der Waals surface area contributed by atoms with Crippen LogP contribution in [-0.2, 0) is 6.18 Å². The molecule has 0 aliphatic heterocycles. The van der Waals surface area contributed by atoms with Gasteiger partial charge in [-0.3, -0.25) is 0 Å². The summed E-state index contributed by atoms with van der Waals surface area (Å²) in [4.78, 5) is 10.5. The van der Waals surface area contributed by atoms with E-state index in [2.05, 4.69) is 0 Å². The zero-order valence-corrected chi connectivity index (χ0v) is 9.27. The molecule has 1 aromatic heterocycles. The molecule has 0 fully saturated rings. The maximum absolute atomic E-state index is 12.3. The van der Waals surface area contributed by atoms with Crippen molar-refractivity contribution >= 4 is 5.97 Å². The highest BCUT2D eigenvalue weighted by Gasteiger charge is 2.30. The summed E-state index contributed by atoms with van der Waals surface area (Å²) >= 11 is 0. The second-order valence-electron chi connectivity index (χ2n) is 3.55. The average molecular weight is 272 g/mol. The molecule has 2 aromatic rings. The van der Waals surface area contributed by atoms with E-state index in [4.69, 9.17) is 14.3 Å². The van der Waals surface area contributed by atoms with Gasteiger partial charge in [0.1, 0.15) is 5.75 Å². The van der Waals surface area contributed by atoms with Crippen molar-refractivity contribution < 1.29 is 32.2 Å². The van der Waals surface area contributed by atoms with Crippen molar-refractivity contribution in [2.45, 2.75) is 6.18 Å². The Balaban J connectivity index is 2.13. The molecule has 4 nitrogen and oxygen atoms in total. The number of carbonyl (C=O) groups is 1. The maximum atomic E-state index is 12.3. The quantitative estimate of drug-likeness (QED) is 0.923. The Kier molecular flexibility index (Phi) is 3.20. The summed E-state index contributed by atoms with van der Waals surface area (Å²) in [6.07, 6.45) is -4.42. The zero-order chi connectivity index (χ0) is 14.0. The van der Waals surface area contributed by atoms with Gasteiger partial charge < -0.3 is 14.3 Å². The van der Waals surface area contributed by atoms with Crippen LogP contribution in [0.5, 0.6) is 11.7 Å². The second kappa shape index (κ2) is 4.68. The number of carboxylic acid groups (broad SMARTS) is 1. The van der Waals surface area contributed by atoms with Crippen molar-refractivity contribution in [1.29, 1.82) is 0 Å². The van der Waals surface area contributed by atoms with Gasteiger partial charge in [-0.05, 0) is 30.3 Å². The molecule has 0 spiro atoms. The van der Waals surface area contributed by atoms with Crippen LogP contribution in [0, 0.1) is 0 Å². The van der Waals surface area contributed by atoms with E-state index in [1.807, 2.05) is 0 Å². The largest absolute Gasteiger partial charge is 0.475 e. The maximum Gasteiger partial charge on any atom is 0.416 e. The predicted molar refractivity (Wildman–Crippen MR) is 57.2 cm³/mol. The number of ether oxygens (including phenoxy) is 1. The van der Waals surface area contributed by atoms with Crippen LogP contribution in [0.1, 0.15) is 16.1 Å². The molecule has 0 saturated carbocycles. The highest BCUT2D eigenvalue weighted by Crippen LogP contribution is 2.31. The average Bonchev–Trinajstić information content (AvgIpc) is 2.77. The summed E-state index contributed by atoms with van der Waals surface area (Å²) in [5.74, 6) is -1.58. The van der Waals surface area contributed by atoms with E-state index >= 15 is 0 Å². The van der Waals surface area contributed by atoms with E-state index in [0.29, 0.717) is 0 Å². The Morgan fingerprint density at radius 1 is 1.11 bits per heavy atom. The molecule has 1 heterocycles. The molecule has 1 aromatic carbocycles. The Morgan fingerprint density at radius 3 is 2.21 bits per heavy atom. The molecule has 1 N–H and O–H groups in total. The van der Waals surface area contributed by atoms with Crippen molar-refractivity contribution in [1.82, 2.24) is 0 Å². The third-order valence-corrected chi connectivity index (χ3v) is 2.19. The Bertz CT molecular complexity index is 584. The topological polar surface area (TPSA) is 59.7 Å². The number of hydrogen-bond acceptors (Lipinski definition) is 3. The van der Waals surface area contributed by atoms with Crippen LogP contribution < -0.4 is 4.74 Å². The third-order valence-electron chi connectivity index (χ3n) is 2.19. The van der Waals surface area contributed by atoms with E-state index in [0.717, 1.165) is 24.3 Å². The van der Waals surface area contributed by atoms with E-state index in [1.165, 1.54) is 12.1 Å². The number of halogens is 3. The molecule has 2 rings (SSSR count).